The second-order valence-electron chi connectivity index (χ2n) is 6.31. The molecule has 1 saturated heterocycles. The van der Waals surface area contributed by atoms with Gasteiger partial charge in [-0.3, -0.25) is 14.5 Å². The number of nitrogens with one attached hydrogen (secondary N) is 1. The van der Waals surface area contributed by atoms with Gasteiger partial charge in [0.1, 0.15) is 0 Å². The number of carbonyl (C=O) groups is 2. The standard InChI is InChI=1S/C16H20N2O2/c1-11-3-4-12-13(9-11)15(20)18(14(12)19)10-16(2)5-7-17-8-6-16/h3-4,9,17H,5-8,10H2,1-2H3. The molecule has 20 heavy (non-hydrogen) atoms. The molecule has 0 saturated carbocycles. The molecule has 0 atom stereocenters. The minimum atomic E-state index is -0.134. The number of rotatable bonds is 2. The van der Waals surface area contributed by atoms with E-state index in [-0.39, 0.29) is 17.2 Å². The van der Waals surface area contributed by atoms with Crippen LogP contribution in [-0.2, 0) is 0 Å². The Labute approximate surface area is 119 Å². The topological polar surface area (TPSA) is 49.4 Å². The third-order valence-corrected chi connectivity index (χ3v) is 4.48. The average Bonchev–Trinajstić information content (AvgIpc) is 2.64. The molecule has 106 valence electrons. The lowest BCUT2D eigenvalue weighted by atomic mass is 9.80. The molecule has 2 aliphatic heterocycles. The molecule has 3 rings (SSSR count). The van der Waals surface area contributed by atoms with Crippen LogP contribution in [0.15, 0.2) is 18.2 Å². The lowest BCUT2D eigenvalue weighted by Crippen LogP contribution is -2.45. The highest BCUT2D eigenvalue weighted by molar-refractivity contribution is 6.21. The highest BCUT2D eigenvalue weighted by atomic mass is 16.2. The van der Waals surface area contributed by atoms with Gasteiger partial charge in [0.05, 0.1) is 11.1 Å². The van der Waals surface area contributed by atoms with E-state index in [2.05, 4.69) is 12.2 Å². The van der Waals surface area contributed by atoms with E-state index in [4.69, 9.17) is 0 Å². The minimum absolute atomic E-state index is 0.0354. The Morgan fingerprint density at radius 1 is 1.15 bits per heavy atom. The molecule has 0 bridgehead atoms. The number of hydrogen-bond donors (Lipinski definition) is 1. The molecule has 1 aromatic carbocycles. The second-order valence-corrected chi connectivity index (χ2v) is 6.31. The van der Waals surface area contributed by atoms with Gasteiger partial charge in [0.2, 0.25) is 0 Å². The fourth-order valence-corrected chi connectivity index (χ4v) is 3.12. The van der Waals surface area contributed by atoms with Gasteiger partial charge in [-0.15, -0.1) is 0 Å². The van der Waals surface area contributed by atoms with Crippen molar-refractivity contribution in [3.8, 4) is 0 Å². The molecule has 1 aromatic rings. The fraction of sp³-hybridized carbons (Fsp3) is 0.500. The Morgan fingerprint density at radius 3 is 2.50 bits per heavy atom. The smallest absolute Gasteiger partial charge is 0.261 e. The molecule has 4 nitrogen and oxygen atoms in total. The van der Waals surface area contributed by atoms with Crippen LogP contribution in [0, 0.1) is 12.3 Å². The number of carbonyl (C=O) groups excluding carboxylic acids is 2. The Hall–Kier alpha value is -1.68. The quantitative estimate of drug-likeness (QED) is 0.838. The summed E-state index contributed by atoms with van der Waals surface area (Å²) in [5.41, 5.74) is 2.17. The zero-order chi connectivity index (χ0) is 14.3. The normalized spacial score (nSPS) is 21.2. The first-order chi connectivity index (χ1) is 9.50. The molecule has 0 spiro atoms. The number of nitrogens with zero attached hydrogens (tertiary/aromatic N) is 1. The largest absolute Gasteiger partial charge is 0.317 e. The molecule has 1 N–H and O–H groups in total. The second kappa shape index (κ2) is 4.70. The first-order valence-corrected chi connectivity index (χ1v) is 7.18. The number of piperidine rings is 1. The summed E-state index contributed by atoms with van der Waals surface area (Å²) in [5, 5.41) is 3.32. The maximum absolute atomic E-state index is 12.5. The van der Waals surface area contributed by atoms with Crippen LogP contribution in [0.1, 0.15) is 46.0 Å². The molecule has 0 unspecified atom stereocenters. The molecule has 1 fully saturated rings. The number of benzene rings is 1. The Bertz CT molecular complexity index is 574. The highest BCUT2D eigenvalue weighted by Gasteiger charge is 2.40. The number of amides is 2. The SMILES string of the molecule is Cc1ccc2c(c1)C(=O)N(CC1(C)CCNCC1)C2=O. The first-order valence-electron chi connectivity index (χ1n) is 7.18. The van der Waals surface area contributed by atoms with E-state index in [0.717, 1.165) is 31.5 Å². The van der Waals surface area contributed by atoms with Crippen molar-refractivity contribution in [3.63, 3.8) is 0 Å². The number of aryl methyl sites for hydroxylation is 1. The summed E-state index contributed by atoms with van der Waals surface area (Å²) in [5.74, 6) is -0.266. The Kier molecular flexibility index (Phi) is 3.13. The summed E-state index contributed by atoms with van der Waals surface area (Å²) in [4.78, 5) is 26.3. The van der Waals surface area contributed by atoms with E-state index in [1.54, 1.807) is 6.07 Å². The lowest BCUT2D eigenvalue weighted by Gasteiger charge is -2.36. The number of fused-ring (bicyclic) bond motifs is 1. The van der Waals surface area contributed by atoms with Crippen LogP contribution in [0.5, 0.6) is 0 Å². The van der Waals surface area contributed by atoms with Crippen LogP contribution < -0.4 is 5.32 Å². The van der Waals surface area contributed by atoms with E-state index >= 15 is 0 Å². The van der Waals surface area contributed by atoms with Crippen molar-refractivity contribution in [1.29, 1.82) is 0 Å². The van der Waals surface area contributed by atoms with Crippen LogP contribution in [-0.4, -0.2) is 36.3 Å². The van der Waals surface area contributed by atoms with E-state index < -0.39 is 0 Å². The minimum Gasteiger partial charge on any atom is -0.317 e. The van der Waals surface area contributed by atoms with Crippen molar-refractivity contribution in [2.45, 2.75) is 26.7 Å². The van der Waals surface area contributed by atoms with Crippen molar-refractivity contribution < 1.29 is 9.59 Å². The lowest BCUT2D eigenvalue weighted by molar-refractivity contribution is 0.0548. The van der Waals surface area contributed by atoms with Crippen LogP contribution in [0.3, 0.4) is 0 Å². The fourth-order valence-electron chi connectivity index (χ4n) is 3.12. The van der Waals surface area contributed by atoms with Crippen molar-refractivity contribution in [2.75, 3.05) is 19.6 Å². The van der Waals surface area contributed by atoms with Gasteiger partial charge in [-0.05, 0) is 50.4 Å². The first kappa shape index (κ1) is 13.3. The zero-order valence-electron chi connectivity index (χ0n) is 12.0. The van der Waals surface area contributed by atoms with Crippen molar-refractivity contribution in [3.05, 3.63) is 34.9 Å². The zero-order valence-corrected chi connectivity index (χ0v) is 12.0. The Balaban J connectivity index is 1.86. The number of imide groups is 1. The third kappa shape index (κ3) is 2.14. The van der Waals surface area contributed by atoms with Crippen LogP contribution in [0.4, 0.5) is 0 Å². The van der Waals surface area contributed by atoms with Gasteiger partial charge >= 0.3 is 0 Å². The summed E-state index contributed by atoms with van der Waals surface area (Å²) < 4.78 is 0. The molecule has 4 heteroatoms. The van der Waals surface area contributed by atoms with Crippen LogP contribution in [0.25, 0.3) is 0 Å². The van der Waals surface area contributed by atoms with Gasteiger partial charge in [0.25, 0.3) is 11.8 Å². The van der Waals surface area contributed by atoms with Gasteiger partial charge in [-0.25, -0.2) is 0 Å². The molecule has 0 aliphatic carbocycles. The maximum Gasteiger partial charge on any atom is 0.261 e. The van der Waals surface area contributed by atoms with Crippen molar-refractivity contribution in [1.82, 2.24) is 10.2 Å². The van der Waals surface area contributed by atoms with E-state index in [1.807, 2.05) is 19.1 Å². The average molecular weight is 272 g/mol. The van der Waals surface area contributed by atoms with E-state index in [9.17, 15) is 9.59 Å². The van der Waals surface area contributed by atoms with Crippen molar-refractivity contribution in [2.24, 2.45) is 5.41 Å². The summed E-state index contributed by atoms with van der Waals surface area (Å²) in [6.07, 6.45) is 2.00. The molecule has 0 radical (unpaired) electrons. The predicted octanol–water partition coefficient (Wildman–Crippen LogP) is 1.98. The molecular weight excluding hydrogens is 252 g/mol. The van der Waals surface area contributed by atoms with Crippen LogP contribution >= 0.6 is 0 Å². The monoisotopic (exact) mass is 272 g/mol. The van der Waals surface area contributed by atoms with Gasteiger partial charge in [0.15, 0.2) is 0 Å². The highest BCUT2D eigenvalue weighted by Crippen LogP contribution is 2.33. The van der Waals surface area contributed by atoms with E-state index in [1.165, 1.54) is 4.90 Å². The Morgan fingerprint density at radius 2 is 1.80 bits per heavy atom. The molecule has 2 heterocycles. The van der Waals surface area contributed by atoms with Crippen molar-refractivity contribution >= 4 is 11.8 Å². The van der Waals surface area contributed by atoms with E-state index in [0.29, 0.717) is 17.7 Å². The molecule has 2 amide bonds. The maximum atomic E-state index is 12.5. The summed E-state index contributed by atoms with van der Waals surface area (Å²) in [7, 11) is 0. The van der Waals surface area contributed by atoms with Gasteiger partial charge in [0, 0.05) is 6.54 Å². The molecule has 2 aliphatic rings. The van der Waals surface area contributed by atoms with Gasteiger partial charge in [-0.2, -0.15) is 0 Å². The summed E-state index contributed by atoms with van der Waals surface area (Å²) in [6, 6.07) is 5.48. The summed E-state index contributed by atoms with van der Waals surface area (Å²) in [6.45, 7) is 6.55. The van der Waals surface area contributed by atoms with Gasteiger partial charge in [-0.1, -0.05) is 18.6 Å². The molecule has 0 aromatic heterocycles. The van der Waals surface area contributed by atoms with Crippen LogP contribution in [0.2, 0.25) is 0 Å². The van der Waals surface area contributed by atoms with Gasteiger partial charge < -0.3 is 5.32 Å². The predicted molar refractivity (Wildman–Crippen MR) is 76.8 cm³/mol. The number of hydrogen-bond acceptors (Lipinski definition) is 3. The molecular formula is C16H20N2O2. The third-order valence-electron chi connectivity index (χ3n) is 4.48. The summed E-state index contributed by atoms with van der Waals surface area (Å²) >= 11 is 0.